The minimum atomic E-state index is -2.88. The lowest BCUT2D eigenvalue weighted by molar-refractivity contribution is -0.398. The van der Waals surface area contributed by atoms with Gasteiger partial charge in [0.1, 0.15) is 34.2 Å². The highest BCUT2D eigenvalue weighted by molar-refractivity contribution is 5.87. The molecule has 12 nitrogen and oxygen atoms in total. The molecule has 9 N–H and O–H groups in total. The number of hydrogen-bond donors (Lipinski definition) is 9. The standard InChI is InChI=1S/C25H35NO11/c1-12(10-27)22(33)16(36-14(28)13-6-5-9-26-13)23(34)18(3)11-21(32)19(22,4)25(23,35)24(37-21)15(29)17(2,30)7-8-20(18,24)31/h5-6,9,12,15-16,26-27,29-35H,7-8,10-11H2,1-4H3/t12-,15-,16+,17-,18-,19+,20-,21-,22+,23-,24+,25+/m0/s1. The second-order valence-corrected chi connectivity index (χ2v) is 12.6. The summed E-state index contributed by atoms with van der Waals surface area (Å²) in [5, 5.41) is 95.3. The summed E-state index contributed by atoms with van der Waals surface area (Å²) in [6.07, 6.45) is -3.51. The smallest absolute Gasteiger partial charge is 0.355 e. The van der Waals surface area contributed by atoms with Crippen LogP contribution in [0.1, 0.15) is 57.4 Å². The fraction of sp³-hybridized carbons (Fsp3) is 0.800. The molecule has 206 valence electrons. The molecule has 0 radical (unpaired) electrons. The third-order valence-electron chi connectivity index (χ3n) is 11.5. The van der Waals surface area contributed by atoms with E-state index in [1.165, 1.54) is 46.0 Å². The first-order valence-electron chi connectivity index (χ1n) is 12.6. The van der Waals surface area contributed by atoms with Gasteiger partial charge in [0.05, 0.1) is 11.0 Å². The minimum Gasteiger partial charge on any atom is -0.451 e. The molecule has 1 aromatic rings. The average molecular weight is 526 g/mol. The maximum absolute atomic E-state index is 13.2. The number of aliphatic hydroxyl groups is 8. The van der Waals surface area contributed by atoms with Crippen LogP contribution in [0.5, 0.6) is 0 Å². The van der Waals surface area contributed by atoms with Crippen LogP contribution in [-0.4, -0.2) is 110 Å². The highest BCUT2D eigenvalue weighted by atomic mass is 16.7. The van der Waals surface area contributed by atoms with Crippen molar-refractivity contribution in [3.05, 3.63) is 24.0 Å². The second-order valence-electron chi connectivity index (χ2n) is 12.6. The zero-order chi connectivity index (χ0) is 27.5. The Bertz CT molecular complexity index is 1190. The summed E-state index contributed by atoms with van der Waals surface area (Å²) in [6, 6.07) is 2.93. The van der Waals surface area contributed by atoms with Gasteiger partial charge in [-0.3, -0.25) is 0 Å². The van der Waals surface area contributed by atoms with E-state index in [1.54, 1.807) is 0 Å². The first kappa shape index (κ1) is 25.7. The third kappa shape index (κ3) is 1.94. The van der Waals surface area contributed by atoms with Gasteiger partial charge in [-0.05, 0) is 38.8 Å². The maximum atomic E-state index is 13.2. The van der Waals surface area contributed by atoms with Gasteiger partial charge in [0.25, 0.3) is 0 Å². The van der Waals surface area contributed by atoms with Crippen molar-refractivity contribution in [2.45, 2.75) is 98.6 Å². The highest BCUT2D eigenvalue weighted by Gasteiger charge is 3.10. The molecule has 12 atom stereocenters. The number of nitrogens with one attached hydrogen (secondary N) is 1. The molecule has 37 heavy (non-hydrogen) atoms. The number of esters is 1. The van der Waals surface area contributed by atoms with Crippen molar-refractivity contribution in [2.75, 3.05) is 6.61 Å². The van der Waals surface area contributed by atoms with Gasteiger partial charge >= 0.3 is 5.97 Å². The zero-order valence-corrected chi connectivity index (χ0v) is 21.1. The lowest BCUT2D eigenvalue weighted by Crippen LogP contribution is -2.78. The Morgan fingerprint density at radius 3 is 2.38 bits per heavy atom. The van der Waals surface area contributed by atoms with E-state index in [9.17, 15) is 45.6 Å². The van der Waals surface area contributed by atoms with E-state index in [2.05, 4.69) is 4.98 Å². The summed E-state index contributed by atoms with van der Waals surface area (Å²) in [4.78, 5) is 15.9. The first-order valence-corrected chi connectivity index (χ1v) is 12.6. The van der Waals surface area contributed by atoms with Crippen molar-refractivity contribution in [3.8, 4) is 0 Å². The molecule has 1 aromatic heterocycles. The molecule has 0 amide bonds. The molecule has 4 aliphatic carbocycles. The summed E-state index contributed by atoms with van der Waals surface area (Å²) in [6.45, 7) is 4.57. The molecule has 2 aliphatic heterocycles. The Morgan fingerprint density at radius 2 is 1.81 bits per heavy atom. The summed E-state index contributed by atoms with van der Waals surface area (Å²) in [5.74, 6) is -4.72. The summed E-state index contributed by atoms with van der Waals surface area (Å²) in [5.41, 5.74) is -19.2. The van der Waals surface area contributed by atoms with Crippen molar-refractivity contribution in [3.63, 3.8) is 0 Å². The van der Waals surface area contributed by atoms with Crippen LogP contribution >= 0.6 is 0 Å². The first-order chi connectivity index (χ1) is 16.9. The van der Waals surface area contributed by atoms with E-state index < -0.39 is 87.3 Å². The third-order valence-corrected chi connectivity index (χ3v) is 11.5. The molecule has 6 bridgehead atoms. The number of carbonyl (C=O) groups is 1. The molecule has 7 rings (SSSR count). The van der Waals surface area contributed by atoms with Crippen molar-refractivity contribution < 1.29 is 55.1 Å². The molecule has 6 fully saturated rings. The van der Waals surface area contributed by atoms with Crippen LogP contribution in [-0.2, 0) is 9.47 Å². The number of hydrogen-bond acceptors (Lipinski definition) is 11. The number of ether oxygens (including phenoxy) is 2. The fourth-order valence-corrected chi connectivity index (χ4v) is 9.55. The Hall–Kier alpha value is -1.61. The molecular weight excluding hydrogens is 490 g/mol. The lowest BCUT2D eigenvalue weighted by atomic mass is 9.52. The van der Waals surface area contributed by atoms with Gasteiger partial charge in [0.15, 0.2) is 17.5 Å². The Labute approximate surface area is 212 Å². The van der Waals surface area contributed by atoms with Crippen LogP contribution in [0.2, 0.25) is 0 Å². The number of aromatic nitrogens is 1. The topological polar surface area (TPSA) is 213 Å². The molecule has 6 aliphatic rings. The van der Waals surface area contributed by atoms with Gasteiger partial charge in [-0.25, -0.2) is 4.79 Å². The maximum Gasteiger partial charge on any atom is 0.355 e. The SMILES string of the molecule is C[C@@H](CO)[C@@]1(O)[C@@H](OC(=O)c2ccc[nH]2)[C@]2(O)[C@@]3(C)C[C@]4(O)O[C@@]5([C@@H](O)[C@@](C)(O)CC[C@]35O)[C@@]2(O)[C@@]14C. The van der Waals surface area contributed by atoms with Crippen LogP contribution in [0.15, 0.2) is 18.3 Å². The average Bonchev–Trinajstić information content (AvgIpc) is 3.46. The minimum absolute atomic E-state index is 0.0314. The zero-order valence-electron chi connectivity index (χ0n) is 21.1. The van der Waals surface area contributed by atoms with Crippen LogP contribution < -0.4 is 0 Å². The number of aliphatic hydroxyl groups excluding tert-OH is 2. The van der Waals surface area contributed by atoms with Gasteiger partial charge < -0.3 is 55.3 Å². The van der Waals surface area contributed by atoms with Crippen LogP contribution in [0, 0.1) is 16.7 Å². The molecule has 4 saturated carbocycles. The van der Waals surface area contributed by atoms with E-state index in [1.807, 2.05) is 0 Å². The summed E-state index contributed by atoms with van der Waals surface area (Å²) in [7, 11) is 0. The van der Waals surface area contributed by atoms with Crippen molar-refractivity contribution in [1.82, 2.24) is 4.98 Å². The van der Waals surface area contributed by atoms with Crippen molar-refractivity contribution in [1.29, 1.82) is 0 Å². The largest absolute Gasteiger partial charge is 0.451 e. The van der Waals surface area contributed by atoms with Crippen LogP contribution in [0.3, 0.4) is 0 Å². The lowest BCUT2D eigenvalue weighted by Gasteiger charge is -2.61. The molecule has 1 spiro atoms. The van der Waals surface area contributed by atoms with Gasteiger partial charge in [-0.2, -0.15) is 0 Å². The molecule has 0 aromatic carbocycles. The fourth-order valence-electron chi connectivity index (χ4n) is 9.55. The predicted octanol–water partition coefficient (Wildman–Crippen LogP) is -2.10. The summed E-state index contributed by atoms with van der Waals surface area (Å²) >= 11 is 0. The molecule has 3 heterocycles. The highest BCUT2D eigenvalue weighted by Crippen LogP contribution is 2.90. The summed E-state index contributed by atoms with van der Waals surface area (Å²) < 4.78 is 11.8. The van der Waals surface area contributed by atoms with Crippen molar-refractivity contribution in [2.24, 2.45) is 16.7 Å². The van der Waals surface area contributed by atoms with E-state index in [4.69, 9.17) is 9.47 Å². The van der Waals surface area contributed by atoms with Gasteiger partial charge in [-0.1, -0.05) is 13.8 Å². The molecule has 12 heteroatoms. The number of rotatable bonds is 4. The van der Waals surface area contributed by atoms with Crippen LogP contribution in [0.25, 0.3) is 0 Å². The molecule has 0 unspecified atom stereocenters. The van der Waals surface area contributed by atoms with Gasteiger partial charge in [-0.15, -0.1) is 0 Å². The Morgan fingerprint density at radius 1 is 1.16 bits per heavy atom. The van der Waals surface area contributed by atoms with E-state index in [-0.39, 0.29) is 18.5 Å². The van der Waals surface area contributed by atoms with Gasteiger partial charge in [0, 0.05) is 30.6 Å². The Kier molecular flexibility index (Phi) is 4.44. The van der Waals surface area contributed by atoms with E-state index in [0.717, 1.165) is 0 Å². The molecule has 2 saturated heterocycles. The van der Waals surface area contributed by atoms with E-state index in [0.29, 0.717) is 0 Å². The number of aromatic amines is 1. The van der Waals surface area contributed by atoms with Gasteiger partial charge in [0.2, 0.25) is 0 Å². The number of H-pyrrole nitrogens is 1. The Balaban J connectivity index is 1.70. The van der Waals surface area contributed by atoms with Crippen LogP contribution in [0.4, 0.5) is 0 Å². The monoisotopic (exact) mass is 525 g/mol. The normalized spacial score (nSPS) is 60.0. The number of carbonyl (C=O) groups excluding carboxylic acids is 1. The quantitative estimate of drug-likeness (QED) is 0.194. The van der Waals surface area contributed by atoms with Crippen molar-refractivity contribution >= 4 is 5.97 Å². The molecular formula is C25H35NO11. The van der Waals surface area contributed by atoms with E-state index >= 15 is 0 Å². The predicted molar refractivity (Wildman–Crippen MR) is 122 cm³/mol. The second kappa shape index (κ2) is 6.40.